The summed E-state index contributed by atoms with van der Waals surface area (Å²) in [5.41, 5.74) is 2.20. The molecule has 2 aliphatic heterocycles. The lowest BCUT2D eigenvalue weighted by molar-refractivity contribution is -0.152. The van der Waals surface area contributed by atoms with Crippen molar-refractivity contribution in [2.75, 3.05) is 33.9 Å². The number of amides is 1. The van der Waals surface area contributed by atoms with Crippen molar-refractivity contribution in [1.29, 1.82) is 0 Å². The van der Waals surface area contributed by atoms with Crippen LogP contribution < -0.4 is 9.47 Å². The van der Waals surface area contributed by atoms with Gasteiger partial charge in [-0.1, -0.05) is 18.6 Å². The van der Waals surface area contributed by atoms with E-state index >= 15 is 0 Å². The molecule has 0 aliphatic carbocycles. The molecule has 0 saturated carbocycles. The molecule has 0 bridgehead atoms. The third-order valence-electron chi connectivity index (χ3n) is 6.65. The van der Waals surface area contributed by atoms with E-state index in [1.165, 1.54) is 17.1 Å². The van der Waals surface area contributed by atoms with Gasteiger partial charge in [-0.25, -0.2) is 9.40 Å². The van der Waals surface area contributed by atoms with Crippen molar-refractivity contribution < 1.29 is 28.2 Å². The first-order valence-electron chi connectivity index (χ1n) is 12.2. The molecule has 2 aromatic carbocycles. The van der Waals surface area contributed by atoms with Crippen LogP contribution in [-0.2, 0) is 14.3 Å². The smallest absolute Gasteiger partial charge is 0.323 e. The molecule has 0 aromatic heterocycles. The van der Waals surface area contributed by atoms with Gasteiger partial charge in [0.1, 0.15) is 23.4 Å². The number of likely N-dealkylation sites (tertiary alicyclic amines) is 1. The maximum atomic E-state index is 13.7. The summed E-state index contributed by atoms with van der Waals surface area (Å²) in [6.07, 6.45) is 2.91. The average molecular weight is 498 g/mol. The Balaban J connectivity index is 1.64. The molecule has 192 valence electrons. The maximum Gasteiger partial charge on any atom is 0.323 e. The fourth-order valence-electron chi connectivity index (χ4n) is 4.82. The minimum absolute atomic E-state index is 0.0403. The van der Waals surface area contributed by atoms with Gasteiger partial charge in [-0.15, -0.1) is 0 Å². The van der Waals surface area contributed by atoms with Gasteiger partial charge in [0, 0.05) is 18.1 Å². The topological polar surface area (TPSA) is 80.7 Å². The number of hydrazone groups is 1. The first kappa shape index (κ1) is 25.6. The maximum absolute atomic E-state index is 13.7. The van der Waals surface area contributed by atoms with Crippen molar-refractivity contribution in [2.24, 2.45) is 5.10 Å². The number of benzene rings is 2. The Morgan fingerprint density at radius 2 is 1.86 bits per heavy atom. The quantitative estimate of drug-likeness (QED) is 0.514. The Morgan fingerprint density at radius 3 is 2.56 bits per heavy atom. The van der Waals surface area contributed by atoms with Crippen LogP contribution in [0.4, 0.5) is 4.39 Å². The van der Waals surface area contributed by atoms with Crippen LogP contribution in [0.5, 0.6) is 11.5 Å². The monoisotopic (exact) mass is 497 g/mol. The fourth-order valence-corrected chi connectivity index (χ4v) is 4.82. The summed E-state index contributed by atoms with van der Waals surface area (Å²) in [6, 6.07) is 10.7. The van der Waals surface area contributed by atoms with Gasteiger partial charge < -0.3 is 14.2 Å². The Hall–Kier alpha value is -3.46. The minimum atomic E-state index is -0.445. The third kappa shape index (κ3) is 5.51. The molecule has 9 heteroatoms. The molecule has 1 fully saturated rings. The minimum Gasteiger partial charge on any atom is -0.497 e. The number of esters is 1. The molecule has 1 amide bonds. The predicted octanol–water partition coefficient (Wildman–Crippen LogP) is 3.94. The molecule has 0 N–H and O–H groups in total. The Kier molecular flexibility index (Phi) is 8.20. The van der Waals surface area contributed by atoms with Gasteiger partial charge >= 0.3 is 5.97 Å². The first-order valence-corrected chi connectivity index (χ1v) is 12.2. The summed E-state index contributed by atoms with van der Waals surface area (Å²) in [7, 11) is 3.15. The number of ether oxygens (including phenoxy) is 3. The van der Waals surface area contributed by atoms with Crippen molar-refractivity contribution in [3.8, 4) is 11.5 Å². The van der Waals surface area contributed by atoms with Gasteiger partial charge in [-0.2, -0.15) is 5.10 Å². The van der Waals surface area contributed by atoms with Gasteiger partial charge in [0.05, 0.1) is 39.1 Å². The second kappa shape index (κ2) is 11.5. The normalized spacial score (nSPS) is 20.1. The second-order valence-electron chi connectivity index (χ2n) is 8.85. The number of carbonyl (C=O) groups excluding carboxylic acids is 2. The first-order chi connectivity index (χ1) is 17.4. The van der Waals surface area contributed by atoms with Crippen LogP contribution in [0.25, 0.3) is 0 Å². The van der Waals surface area contributed by atoms with Crippen molar-refractivity contribution in [3.63, 3.8) is 0 Å². The standard InChI is InChI=1S/C27H32FN3O5/c1-4-36-27(33)23-7-5-6-14-30(23)17-26(32)31-24(21-13-12-20(34-2)15-25(21)35-3)16-22(29-31)18-8-10-19(28)11-9-18/h8-13,15,23-24H,4-7,14,16-17H2,1-3H3/t23-,24+/m1/s1. The number of carbonyl (C=O) groups is 2. The van der Waals surface area contributed by atoms with Crippen LogP contribution in [0.2, 0.25) is 0 Å². The summed E-state index contributed by atoms with van der Waals surface area (Å²) in [5.74, 6) is 0.349. The summed E-state index contributed by atoms with van der Waals surface area (Å²) in [4.78, 5) is 28.1. The number of halogens is 1. The number of rotatable bonds is 8. The highest BCUT2D eigenvalue weighted by atomic mass is 19.1. The van der Waals surface area contributed by atoms with Gasteiger partial charge in [-0.05, 0) is 56.1 Å². The molecule has 0 unspecified atom stereocenters. The number of hydrogen-bond donors (Lipinski definition) is 0. The van der Waals surface area contributed by atoms with E-state index in [1.54, 1.807) is 39.3 Å². The zero-order valence-corrected chi connectivity index (χ0v) is 20.9. The molecule has 0 radical (unpaired) electrons. The Labute approximate surface area is 210 Å². The van der Waals surface area contributed by atoms with Gasteiger partial charge in [0.25, 0.3) is 5.91 Å². The number of methoxy groups -OCH3 is 2. The van der Waals surface area contributed by atoms with E-state index in [0.717, 1.165) is 24.0 Å². The summed E-state index contributed by atoms with van der Waals surface area (Å²) < 4.78 is 29.7. The molecule has 4 rings (SSSR count). The zero-order chi connectivity index (χ0) is 25.7. The summed E-state index contributed by atoms with van der Waals surface area (Å²) in [6.45, 7) is 2.75. The van der Waals surface area contributed by atoms with E-state index in [0.29, 0.717) is 43.2 Å². The molecule has 2 heterocycles. The summed E-state index contributed by atoms with van der Waals surface area (Å²) in [5, 5.41) is 6.16. The van der Waals surface area contributed by atoms with Gasteiger partial charge in [-0.3, -0.25) is 14.5 Å². The molecule has 8 nitrogen and oxygen atoms in total. The van der Waals surface area contributed by atoms with Crippen LogP contribution in [-0.4, -0.2) is 67.5 Å². The van der Waals surface area contributed by atoms with E-state index in [4.69, 9.17) is 14.2 Å². The van der Waals surface area contributed by atoms with Gasteiger partial charge in [0.2, 0.25) is 0 Å². The third-order valence-corrected chi connectivity index (χ3v) is 6.65. The molecular formula is C27H32FN3O5. The van der Waals surface area contributed by atoms with E-state index in [-0.39, 0.29) is 24.2 Å². The van der Waals surface area contributed by atoms with Crippen LogP contribution in [0, 0.1) is 5.82 Å². The van der Waals surface area contributed by atoms with Crippen LogP contribution in [0.15, 0.2) is 47.6 Å². The predicted molar refractivity (Wildman–Crippen MR) is 133 cm³/mol. The highest BCUT2D eigenvalue weighted by Gasteiger charge is 2.38. The van der Waals surface area contributed by atoms with Crippen molar-refractivity contribution in [3.05, 3.63) is 59.4 Å². The van der Waals surface area contributed by atoms with Crippen LogP contribution >= 0.6 is 0 Å². The summed E-state index contributed by atoms with van der Waals surface area (Å²) >= 11 is 0. The highest BCUT2D eigenvalue weighted by Crippen LogP contribution is 2.39. The lowest BCUT2D eigenvalue weighted by Crippen LogP contribution is -2.49. The molecule has 2 aliphatic rings. The van der Waals surface area contributed by atoms with Crippen molar-refractivity contribution >= 4 is 17.6 Å². The molecule has 2 aromatic rings. The lowest BCUT2D eigenvalue weighted by Gasteiger charge is -2.34. The number of hydrogen-bond acceptors (Lipinski definition) is 7. The van der Waals surface area contributed by atoms with Crippen molar-refractivity contribution in [2.45, 2.75) is 44.7 Å². The Morgan fingerprint density at radius 1 is 1.08 bits per heavy atom. The molecule has 2 atom stereocenters. The highest BCUT2D eigenvalue weighted by molar-refractivity contribution is 6.03. The lowest BCUT2D eigenvalue weighted by atomic mass is 9.97. The number of piperidine rings is 1. The molecular weight excluding hydrogens is 465 g/mol. The molecule has 36 heavy (non-hydrogen) atoms. The van der Waals surface area contributed by atoms with Crippen LogP contribution in [0.1, 0.15) is 49.8 Å². The van der Waals surface area contributed by atoms with E-state index < -0.39 is 12.1 Å². The SMILES string of the molecule is CCOC(=O)[C@H]1CCCCN1CC(=O)N1N=C(c2ccc(F)cc2)C[C@H]1c1ccc(OC)cc1OC. The van der Waals surface area contributed by atoms with Gasteiger partial charge in [0.15, 0.2) is 0 Å². The van der Waals surface area contributed by atoms with Crippen molar-refractivity contribution in [1.82, 2.24) is 9.91 Å². The largest absolute Gasteiger partial charge is 0.497 e. The molecule has 0 spiro atoms. The fraction of sp³-hybridized carbons (Fsp3) is 0.444. The molecule has 1 saturated heterocycles. The zero-order valence-electron chi connectivity index (χ0n) is 20.9. The number of nitrogens with zero attached hydrogens (tertiary/aromatic N) is 3. The van der Waals surface area contributed by atoms with Crippen LogP contribution in [0.3, 0.4) is 0 Å². The van der Waals surface area contributed by atoms with E-state index in [2.05, 4.69) is 5.10 Å². The Bertz CT molecular complexity index is 1120. The van der Waals surface area contributed by atoms with E-state index in [1.807, 2.05) is 17.0 Å². The second-order valence-corrected chi connectivity index (χ2v) is 8.85. The van der Waals surface area contributed by atoms with E-state index in [9.17, 15) is 14.0 Å². The average Bonchev–Trinajstić information content (AvgIpc) is 3.34.